The molecule has 5 heteroatoms. The van der Waals surface area contributed by atoms with Gasteiger partial charge in [0.15, 0.2) is 8.32 Å². The Morgan fingerprint density at radius 2 is 1.65 bits per heavy atom. The van der Waals surface area contributed by atoms with Crippen LogP contribution < -0.4 is 5.73 Å². The third-order valence-corrected chi connectivity index (χ3v) is 8.73. The van der Waals surface area contributed by atoms with E-state index in [0.29, 0.717) is 6.54 Å². The fraction of sp³-hybridized carbons (Fsp3) is 1.00. The fourth-order valence-electron chi connectivity index (χ4n) is 1.85. The molecule has 0 aromatic heterocycles. The molecule has 4 nitrogen and oxygen atoms in total. The van der Waals surface area contributed by atoms with Gasteiger partial charge in [0.05, 0.1) is 6.10 Å². The Labute approximate surface area is 127 Å². The molecule has 0 heterocycles. The predicted molar refractivity (Wildman–Crippen MR) is 91.8 cm³/mol. The molecule has 0 aliphatic carbocycles. The van der Waals surface area contributed by atoms with E-state index in [1.54, 1.807) is 0 Å². The zero-order valence-corrected chi connectivity index (χ0v) is 16.0. The van der Waals surface area contributed by atoms with Gasteiger partial charge in [-0.15, -0.1) is 0 Å². The number of hydrogen-bond donors (Lipinski definition) is 1. The van der Waals surface area contributed by atoms with Crippen molar-refractivity contribution in [1.82, 2.24) is 9.80 Å². The van der Waals surface area contributed by atoms with Crippen molar-refractivity contribution >= 4 is 8.32 Å². The van der Waals surface area contributed by atoms with Crippen LogP contribution in [0.15, 0.2) is 0 Å². The summed E-state index contributed by atoms with van der Waals surface area (Å²) in [6, 6.07) is 0. The van der Waals surface area contributed by atoms with Crippen molar-refractivity contribution in [3.05, 3.63) is 0 Å². The van der Waals surface area contributed by atoms with Gasteiger partial charge in [0.2, 0.25) is 0 Å². The van der Waals surface area contributed by atoms with E-state index in [1.165, 1.54) is 6.42 Å². The van der Waals surface area contributed by atoms with Crippen LogP contribution in [0.25, 0.3) is 0 Å². The van der Waals surface area contributed by atoms with Crippen molar-refractivity contribution < 1.29 is 4.43 Å². The van der Waals surface area contributed by atoms with Crippen LogP contribution in [0.4, 0.5) is 0 Å². The van der Waals surface area contributed by atoms with E-state index in [2.05, 4.69) is 64.8 Å². The van der Waals surface area contributed by atoms with Crippen LogP contribution in [0.5, 0.6) is 0 Å². The molecule has 0 aromatic carbocycles. The molecular weight excluding hydrogens is 266 g/mol. The average Bonchev–Trinajstić information content (AvgIpc) is 2.25. The van der Waals surface area contributed by atoms with Gasteiger partial charge in [0, 0.05) is 13.1 Å². The van der Waals surface area contributed by atoms with Gasteiger partial charge in [-0.1, -0.05) is 20.8 Å². The summed E-state index contributed by atoms with van der Waals surface area (Å²) in [5.74, 6) is 0. The van der Waals surface area contributed by atoms with Crippen molar-refractivity contribution in [2.24, 2.45) is 5.73 Å². The molecular formula is C15H37N3OSi. The van der Waals surface area contributed by atoms with Gasteiger partial charge in [-0.25, -0.2) is 0 Å². The highest BCUT2D eigenvalue weighted by atomic mass is 28.4. The summed E-state index contributed by atoms with van der Waals surface area (Å²) in [6.07, 6.45) is 1.33. The standard InChI is InChI=1S/C15H37N3OSi/c1-15(2,3)20(7,8)19-14(12-16)13-18(6)11-9-10-17(4)5/h14H,9-13,16H2,1-8H3. The van der Waals surface area contributed by atoms with E-state index in [4.69, 9.17) is 10.2 Å². The molecule has 0 saturated carbocycles. The summed E-state index contributed by atoms with van der Waals surface area (Å²) in [7, 11) is 4.67. The second-order valence-electron chi connectivity index (χ2n) is 7.65. The van der Waals surface area contributed by atoms with Gasteiger partial charge < -0.3 is 20.0 Å². The zero-order valence-electron chi connectivity index (χ0n) is 15.0. The Kier molecular flexibility index (Phi) is 8.51. The number of nitrogens with two attached hydrogens (primary N) is 1. The first-order valence-corrected chi connectivity index (χ1v) is 10.6. The minimum absolute atomic E-state index is 0.153. The minimum Gasteiger partial charge on any atom is -0.411 e. The number of hydrogen-bond acceptors (Lipinski definition) is 4. The van der Waals surface area contributed by atoms with E-state index in [1.807, 2.05) is 0 Å². The number of nitrogens with zero attached hydrogens (tertiary/aromatic N) is 2. The monoisotopic (exact) mass is 303 g/mol. The molecule has 0 spiro atoms. The van der Waals surface area contributed by atoms with Gasteiger partial charge in [-0.2, -0.15) is 0 Å². The van der Waals surface area contributed by atoms with E-state index in [-0.39, 0.29) is 11.1 Å². The van der Waals surface area contributed by atoms with Crippen molar-refractivity contribution in [2.45, 2.75) is 51.4 Å². The Bertz CT molecular complexity index is 264. The van der Waals surface area contributed by atoms with Crippen molar-refractivity contribution in [2.75, 3.05) is 47.3 Å². The smallest absolute Gasteiger partial charge is 0.192 e. The quantitative estimate of drug-likeness (QED) is 0.663. The third kappa shape index (κ3) is 7.74. The lowest BCUT2D eigenvalue weighted by Gasteiger charge is -2.40. The predicted octanol–water partition coefficient (Wildman–Crippen LogP) is 2.22. The van der Waals surface area contributed by atoms with Crippen LogP contribution in [-0.4, -0.2) is 71.5 Å². The Hall–Kier alpha value is 0.0569. The van der Waals surface area contributed by atoms with Crippen LogP contribution >= 0.6 is 0 Å². The van der Waals surface area contributed by atoms with Gasteiger partial charge >= 0.3 is 0 Å². The molecule has 122 valence electrons. The first-order chi connectivity index (χ1) is 8.99. The highest BCUT2D eigenvalue weighted by Gasteiger charge is 2.39. The van der Waals surface area contributed by atoms with Crippen molar-refractivity contribution in [1.29, 1.82) is 0 Å². The largest absolute Gasteiger partial charge is 0.411 e. The Morgan fingerprint density at radius 3 is 2.05 bits per heavy atom. The molecule has 0 radical (unpaired) electrons. The summed E-state index contributed by atoms with van der Waals surface area (Å²) >= 11 is 0. The molecule has 1 unspecified atom stereocenters. The molecule has 0 aliphatic rings. The van der Waals surface area contributed by atoms with Crippen molar-refractivity contribution in [3.63, 3.8) is 0 Å². The Balaban J connectivity index is 4.28. The second-order valence-corrected chi connectivity index (χ2v) is 12.4. The molecule has 20 heavy (non-hydrogen) atoms. The first kappa shape index (κ1) is 20.1. The number of rotatable bonds is 9. The Morgan fingerprint density at radius 1 is 1.10 bits per heavy atom. The van der Waals surface area contributed by atoms with Gasteiger partial charge in [0.25, 0.3) is 0 Å². The summed E-state index contributed by atoms with van der Waals surface area (Å²) in [6.45, 7) is 15.1. The zero-order chi connectivity index (χ0) is 16.0. The van der Waals surface area contributed by atoms with E-state index in [9.17, 15) is 0 Å². The van der Waals surface area contributed by atoms with Gasteiger partial charge in [-0.3, -0.25) is 0 Å². The molecule has 1 atom stereocenters. The summed E-state index contributed by atoms with van der Waals surface area (Å²) in [4.78, 5) is 4.56. The van der Waals surface area contributed by atoms with Crippen LogP contribution in [0.3, 0.4) is 0 Å². The molecule has 0 bridgehead atoms. The van der Waals surface area contributed by atoms with Crippen LogP contribution in [-0.2, 0) is 4.43 Å². The van der Waals surface area contributed by atoms with E-state index >= 15 is 0 Å². The topological polar surface area (TPSA) is 41.7 Å². The normalized spacial score (nSPS) is 15.2. The van der Waals surface area contributed by atoms with Crippen LogP contribution in [0.2, 0.25) is 18.1 Å². The van der Waals surface area contributed by atoms with Crippen molar-refractivity contribution in [3.8, 4) is 0 Å². The maximum absolute atomic E-state index is 6.41. The molecule has 0 fully saturated rings. The van der Waals surface area contributed by atoms with Gasteiger partial charge in [-0.05, 0) is 58.8 Å². The lowest BCUT2D eigenvalue weighted by molar-refractivity contribution is 0.137. The average molecular weight is 304 g/mol. The third-order valence-electron chi connectivity index (χ3n) is 4.19. The highest BCUT2D eigenvalue weighted by Crippen LogP contribution is 2.37. The maximum atomic E-state index is 6.41. The minimum atomic E-state index is -1.72. The van der Waals surface area contributed by atoms with Gasteiger partial charge in [0.1, 0.15) is 0 Å². The first-order valence-electron chi connectivity index (χ1n) is 7.70. The summed E-state index contributed by atoms with van der Waals surface area (Å²) < 4.78 is 6.41. The lowest BCUT2D eigenvalue weighted by Crippen LogP contribution is -2.49. The maximum Gasteiger partial charge on any atom is 0.192 e. The molecule has 0 saturated heterocycles. The second kappa shape index (κ2) is 8.49. The SMILES string of the molecule is CN(C)CCCN(C)CC(CN)O[Si](C)(C)C(C)(C)C. The van der Waals surface area contributed by atoms with Crippen LogP contribution in [0.1, 0.15) is 27.2 Å². The summed E-state index contributed by atoms with van der Waals surface area (Å²) in [5, 5.41) is 0.240. The molecule has 0 amide bonds. The van der Waals surface area contributed by atoms with E-state index in [0.717, 1.165) is 19.6 Å². The molecule has 0 aliphatic heterocycles. The van der Waals surface area contributed by atoms with E-state index < -0.39 is 8.32 Å². The summed E-state index contributed by atoms with van der Waals surface area (Å²) in [5.41, 5.74) is 5.91. The highest BCUT2D eigenvalue weighted by molar-refractivity contribution is 6.74. The lowest BCUT2D eigenvalue weighted by atomic mass is 10.2. The number of likely N-dealkylation sites (N-methyl/N-ethyl adjacent to an activating group) is 1. The fourth-order valence-corrected chi connectivity index (χ4v) is 3.21. The molecule has 0 aromatic rings. The van der Waals surface area contributed by atoms with Crippen LogP contribution in [0, 0.1) is 0 Å². The molecule has 2 N–H and O–H groups in total. The molecule has 0 rings (SSSR count).